The Morgan fingerprint density at radius 1 is 1.82 bits per heavy atom. The van der Waals surface area contributed by atoms with E-state index in [2.05, 4.69) is 6.07 Å². The average molecular weight is 154 g/mol. The van der Waals surface area contributed by atoms with Crippen molar-refractivity contribution in [3.63, 3.8) is 0 Å². The molecule has 11 heavy (non-hydrogen) atoms. The van der Waals surface area contributed by atoms with E-state index in [1.807, 2.05) is 0 Å². The topological polar surface area (TPSA) is 64.3 Å². The largest absolute Gasteiger partial charge is 0.465 e. The summed E-state index contributed by atoms with van der Waals surface area (Å²) in [7, 11) is 0. The van der Waals surface area contributed by atoms with E-state index in [-0.39, 0.29) is 0 Å². The number of nitrogens with zero attached hydrogens (tertiary/aromatic N) is 2. The van der Waals surface area contributed by atoms with Crippen molar-refractivity contribution >= 4 is 6.09 Å². The Balaban J connectivity index is 2.62. The van der Waals surface area contributed by atoms with Crippen LogP contribution in [0.25, 0.3) is 0 Å². The summed E-state index contributed by atoms with van der Waals surface area (Å²) in [5, 5.41) is 17.2. The van der Waals surface area contributed by atoms with Crippen molar-refractivity contribution in [3.8, 4) is 6.07 Å². The number of hydrogen-bond acceptors (Lipinski definition) is 2. The molecule has 60 valence electrons. The highest BCUT2D eigenvalue weighted by atomic mass is 16.4. The summed E-state index contributed by atoms with van der Waals surface area (Å²) in [6.45, 7) is 2.62. The third-order valence-corrected chi connectivity index (χ3v) is 2.01. The summed E-state index contributed by atoms with van der Waals surface area (Å²) in [4.78, 5) is 11.7. The highest BCUT2D eigenvalue weighted by Gasteiger charge is 2.35. The van der Waals surface area contributed by atoms with Crippen molar-refractivity contribution < 1.29 is 9.90 Å². The quantitative estimate of drug-likeness (QED) is 0.563. The molecule has 0 radical (unpaired) electrons. The van der Waals surface area contributed by atoms with Crippen LogP contribution in [0.2, 0.25) is 0 Å². The summed E-state index contributed by atoms with van der Waals surface area (Å²) in [5.74, 6) is 0. The first-order chi connectivity index (χ1) is 5.07. The van der Waals surface area contributed by atoms with Crippen LogP contribution in [0.1, 0.15) is 13.3 Å². The van der Waals surface area contributed by atoms with Crippen LogP contribution in [0.15, 0.2) is 0 Å². The van der Waals surface area contributed by atoms with Crippen LogP contribution in [-0.2, 0) is 0 Å². The minimum absolute atomic E-state index is 0.346. The maximum atomic E-state index is 10.4. The fraction of sp³-hybridized carbons (Fsp3) is 0.714. The van der Waals surface area contributed by atoms with Crippen LogP contribution in [0.3, 0.4) is 0 Å². The Bertz CT molecular complexity index is 221. The molecule has 1 aliphatic heterocycles. The van der Waals surface area contributed by atoms with Gasteiger partial charge in [-0.2, -0.15) is 5.26 Å². The molecular weight excluding hydrogens is 144 g/mol. The fourth-order valence-corrected chi connectivity index (χ4v) is 1.22. The second-order valence-corrected chi connectivity index (χ2v) is 3.13. The van der Waals surface area contributed by atoms with Crippen molar-refractivity contribution in [2.24, 2.45) is 5.41 Å². The molecule has 1 fully saturated rings. The van der Waals surface area contributed by atoms with Gasteiger partial charge in [-0.05, 0) is 13.3 Å². The number of likely N-dealkylation sites (tertiary alicyclic amines) is 1. The third-order valence-electron chi connectivity index (χ3n) is 2.01. The first kappa shape index (κ1) is 7.86. The van der Waals surface area contributed by atoms with Crippen molar-refractivity contribution in [1.29, 1.82) is 5.26 Å². The zero-order valence-corrected chi connectivity index (χ0v) is 6.37. The summed E-state index contributed by atoms with van der Waals surface area (Å²) in [6.07, 6.45) is -0.278. The van der Waals surface area contributed by atoms with Gasteiger partial charge in [0.1, 0.15) is 0 Å². The molecule has 0 bridgehead atoms. The number of carbonyl (C=O) groups is 1. The van der Waals surface area contributed by atoms with Gasteiger partial charge in [0.15, 0.2) is 0 Å². The van der Waals surface area contributed by atoms with Gasteiger partial charge in [-0.25, -0.2) is 4.79 Å². The van der Waals surface area contributed by atoms with Crippen molar-refractivity contribution in [2.75, 3.05) is 13.1 Å². The lowest BCUT2D eigenvalue weighted by atomic mass is 9.92. The smallest absolute Gasteiger partial charge is 0.407 e. The molecule has 0 saturated carbocycles. The van der Waals surface area contributed by atoms with Gasteiger partial charge in [0, 0.05) is 13.1 Å². The summed E-state index contributed by atoms with van der Waals surface area (Å²) in [5.41, 5.74) is -0.460. The van der Waals surface area contributed by atoms with Gasteiger partial charge in [-0.3, -0.25) is 0 Å². The van der Waals surface area contributed by atoms with Crippen LogP contribution in [0.4, 0.5) is 4.79 Å². The van der Waals surface area contributed by atoms with Crippen LogP contribution in [0, 0.1) is 16.7 Å². The molecule has 0 aromatic rings. The fourth-order valence-electron chi connectivity index (χ4n) is 1.22. The van der Waals surface area contributed by atoms with Crippen molar-refractivity contribution in [2.45, 2.75) is 13.3 Å². The molecule has 1 unspecified atom stereocenters. The molecule has 4 heteroatoms. The van der Waals surface area contributed by atoms with E-state index in [4.69, 9.17) is 10.4 Å². The standard InChI is InChI=1S/C7H10N2O2/c1-7(4-8)2-3-9(5-7)6(10)11/h2-3,5H2,1H3,(H,10,11). The molecule has 4 nitrogen and oxygen atoms in total. The van der Waals surface area contributed by atoms with E-state index in [9.17, 15) is 4.79 Å². The van der Waals surface area contributed by atoms with E-state index in [0.29, 0.717) is 19.5 Å². The first-order valence-corrected chi connectivity index (χ1v) is 3.46. The predicted molar refractivity (Wildman–Crippen MR) is 37.9 cm³/mol. The number of nitriles is 1. The Hall–Kier alpha value is -1.24. The minimum Gasteiger partial charge on any atom is -0.465 e. The molecule has 1 heterocycles. The maximum absolute atomic E-state index is 10.4. The third kappa shape index (κ3) is 1.43. The molecule has 0 aromatic heterocycles. The average Bonchev–Trinajstić information content (AvgIpc) is 2.33. The van der Waals surface area contributed by atoms with Gasteiger partial charge < -0.3 is 10.0 Å². The van der Waals surface area contributed by atoms with Crippen molar-refractivity contribution in [3.05, 3.63) is 0 Å². The Morgan fingerprint density at radius 2 is 2.45 bits per heavy atom. The lowest BCUT2D eigenvalue weighted by Crippen LogP contribution is -2.28. The van der Waals surface area contributed by atoms with Gasteiger partial charge in [0.25, 0.3) is 0 Å². The van der Waals surface area contributed by atoms with E-state index < -0.39 is 11.5 Å². The summed E-state index contributed by atoms with van der Waals surface area (Å²) < 4.78 is 0. The first-order valence-electron chi connectivity index (χ1n) is 3.46. The number of carboxylic acid groups (broad SMARTS) is 1. The van der Waals surface area contributed by atoms with Gasteiger partial charge in [0.2, 0.25) is 0 Å². The van der Waals surface area contributed by atoms with Crippen LogP contribution >= 0.6 is 0 Å². The molecule has 1 amide bonds. The Labute approximate surface area is 65.0 Å². The van der Waals surface area contributed by atoms with E-state index in [1.54, 1.807) is 6.92 Å². The number of rotatable bonds is 0. The van der Waals surface area contributed by atoms with E-state index >= 15 is 0 Å². The van der Waals surface area contributed by atoms with Gasteiger partial charge in [-0.1, -0.05) is 0 Å². The highest BCUT2D eigenvalue weighted by molar-refractivity contribution is 5.65. The molecular formula is C7H10N2O2. The summed E-state index contributed by atoms with van der Waals surface area (Å²) >= 11 is 0. The van der Waals surface area contributed by atoms with E-state index in [0.717, 1.165) is 0 Å². The molecule has 0 spiro atoms. The SMILES string of the molecule is CC1(C#N)CCN(C(=O)O)C1. The number of amides is 1. The minimum atomic E-state index is -0.927. The lowest BCUT2D eigenvalue weighted by molar-refractivity contribution is 0.152. The zero-order chi connectivity index (χ0) is 8.48. The molecule has 1 atom stereocenters. The van der Waals surface area contributed by atoms with Gasteiger partial charge in [0.05, 0.1) is 11.5 Å². The lowest BCUT2D eigenvalue weighted by Gasteiger charge is -2.13. The number of hydrogen-bond donors (Lipinski definition) is 1. The zero-order valence-electron chi connectivity index (χ0n) is 6.37. The Kier molecular flexibility index (Phi) is 1.73. The van der Waals surface area contributed by atoms with Crippen LogP contribution in [0.5, 0.6) is 0 Å². The van der Waals surface area contributed by atoms with Crippen LogP contribution < -0.4 is 0 Å². The molecule has 1 N–H and O–H groups in total. The molecule has 1 aliphatic rings. The molecule has 0 aliphatic carbocycles. The van der Waals surface area contributed by atoms with E-state index in [1.165, 1.54) is 4.90 Å². The summed E-state index contributed by atoms with van der Waals surface area (Å²) in [6, 6.07) is 2.12. The monoisotopic (exact) mass is 154 g/mol. The molecule has 1 saturated heterocycles. The molecule has 1 rings (SSSR count). The van der Waals surface area contributed by atoms with Gasteiger partial charge in [-0.15, -0.1) is 0 Å². The predicted octanol–water partition coefficient (Wildman–Crippen LogP) is 0.900. The normalized spacial score (nSPS) is 30.0. The van der Waals surface area contributed by atoms with Crippen LogP contribution in [-0.4, -0.2) is 29.2 Å². The maximum Gasteiger partial charge on any atom is 0.407 e. The molecule has 0 aromatic carbocycles. The highest BCUT2D eigenvalue weighted by Crippen LogP contribution is 2.28. The van der Waals surface area contributed by atoms with Gasteiger partial charge >= 0.3 is 6.09 Å². The second kappa shape index (κ2) is 2.42. The van der Waals surface area contributed by atoms with Crippen molar-refractivity contribution in [1.82, 2.24) is 4.90 Å². The second-order valence-electron chi connectivity index (χ2n) is 3.13. The Morgan fingerprint density at radius 3 is 2.73 bits per heavy atom.